The van der Waals surface area contributed by atoms with Crippen molar-refractivity contribution >= 4 is 35.2 Å². The van der Waals surface area contributed by atoms with E-state index in [9.17, 15) is 9.90 Å². The Morgan fingerprint density at radius 2 is 1.73 bits per heavy atom. The molecule has 7 nitrogen and oxygen atoms in total. The lowest BCUT2D eigenvalue weighted by Gasteiger charge is -2.19. The standard InChI is InChI=1S/C15H16O4S.C10H11NO2/c1-9(2)20-14(15(16)17)10(3)11-4-5-12-13(8-11)19-7-6-18-12;1-12-9-5-7-3-4-11-8(7)6-10(9)13-2/h4-5,8H,1,6-7H2,2-3H3,(H,16,17);4-6H,3H2,1-2H3/b14-10+;. The number of hydrogen-bond acceptors (Lipinski definition) is 7. The molecule has 2 aliphatic rings. The van der Waals surface area contributed by atoms with Crippen LogP contribution in [0.15, 0.2) is 51.7 Å². The van der Waals surface area contributed by atoms with Crippen molar-refractivity contribution in [2.75, 3.05) is 27.4 Å². The lowest BCUT2D eigenvalue weighted by Crippen LogP contribution is -2.15. The number of carboxylic acids is 1. The maximum atomic E-state index is 11.4. The van der Waals surface area contributed by atoms with Crippen LogP contribution >= 0.6 is 11.8 Å². The average molecular weight is 470 g/mol. The molecule has 4 rings (SSSR count). The van der Waals surface area contributed by atoms with Crippen molar-refractivity contribution in [2.45, 2.75) is 20.3 Å². The van der Waals surface area contributed by atoms with E-state index in [4.69, 9.17) is 18.9 Å². The van der Waals surface area contributed by atoms with E-state index in [1.165, 1.54) is 5.56 Å². The predicted molar refractivity (Wildman–Crippen MR) is 131 cm³/mol. The normalized spacial score (nSPS) is 13.8. The molecular weight excluding hydrogens is 442 g/mol. The van der Waals surface area contributed by atoms with Gasteiger partial charge in [0.2, 0.25) is 0 Å². The lowest BCUT2D eigenvalue weighted by atomic mass is 10.1. The number of methoxy groups -OCH3 is 2. The van der Waals surface area contributed by atoms with E-state index in [0.717, 1.165) is 45.8 Å². The molecule has 1 N–H and O–H groups in total. The Bertz CT molecular complexity index is 1120. The van der Waals surface area contributed by atoms with Crippen LogP contribution in [-0.4, -0.2) is 44.7 Å². The number of thioether (sulfide) groups is 1. The van der Waals surface area contributed by atoms with Gasteiger partial charge in [0.05, 0.1) is 19.9 Å². The number of allylic oxidation sites excluding steroid dienone is 2. The molecule has 2 aromatic rings. The lowest BCUT2D eigenvalue weighted by molar-refractivity contribution is -0.131. The van der Waals surface area contributed by atoms with Crippen LogP contribution in [0.3, 0.4) is 0 Å². The van der Waals surface area contributed by atoms with E-state index in [2.05, 4.69) is 11.6 Å². The fourth-order valence-electron chi connectivity index (χ4n) is 3.30. The fraction of sp³-hybridized carbons (Fsp3) is 0.280. The van der Waals surface area contributed by atoms with Crippen LogP contribution in [0.25, 0.3) is 5.57 Å². The molecule has 2 heterocycles. The Morgan fingerprint density at radius 1 is 1.06 bits per heavy atom. The Balaban J connectivity index is 0.000000203. The average Bonchev–Trinajstić information content (AvgIpc) is 3.28. The van der Waals surface area contributed by atoms with Crippen molar-refractivity contribution in [1.29, 1.82) is 0 Å². The number of aliphatic imine (C=N–C) groups is 1. The van der Waals surface area contributed by atoms with Gasteiger partial charge in [-0.15, -0.1) is 0 Å². The summed E-state index contributed by atoms with van der Waals surface area (Å²) in [6.45, 7) is 8.35. The van der Waals surface area contributed by atoms with Gasteiger partial charge in [0.1, 0.15) is 18.1 Å². The Morgan fingerprint density at radius 3 is 2.36 bits per heavy atom. The van der Waals surface area contributed by atoms with Crippen LogP contribution in [0.2, 0.25) is 0 Å². The minimum absolute atomic E-state index is 0.272. The zero-order valence-electron chi connectivity index (χ0n) is 19.1. The van der Waals surface area contributed by atoms with Crippen molar-refractivity contribution in [3.05, 3.63) is 57.8 Å². The van der Waals surface area contributed by atoms with Crippen LogP contribution in [0, 0.1) is 0 Å². The molecule has 0 saturated heterocycles. The number of aliphatic carboxylic acids is 1. The van der Waals surface area contributed by atoms with Crippen molar-refractivity contribution in [1.82, 2.24) is 0 Å². The smallest absolute Gasteiger partial charge is 0.342 e. The van der Waals surface area contributed by atoms with Gasteiger partial charge in [-0.05, 0) is 53.7 Å². The first-order chi connectivity index (χ1) is 15.8. The number of rotatable bonds is 6. The third-order valence-corrected chi connectivity index (χ3v) is 5.95. The van der Waals surface area contributed by atoms with Gasteiger partial charge in [-0.3, -0.25) is 4.99 Å². The number of nitrogens with zero attached hydrogens (tertiary/aromatic N) is 1. The zero-order chi connectivity index (χ0) is 24.0. The number of benzene rings is 2. The van der Waals surface area contributed by atoms with Crippen molar-refractivity contribution < 1.29 is 28.8 Å². The molecule has 8 heteroatoms. The summed E-state index contributed by atoms with van der Waals surface area (Å²) in [5, 5.41) is 9.32. The maximum Gasteiger partial charge on any atom is 0.342 e. The van der Waals surface area contributed by atoms with E-state index in [1.54, 1.807) is 34.1 Å². The molecule has 0 saturated carbocycles. The first-order valence-corrected chi connectivity index (χ1v) is 11.1. The summed E-state index contributed by atoms with van der Waals surface area (Å²) in [5.41, 5.74) is 3.66. The van der Waals surface area contributed by atoms with Crippen LogP contribution in [0.4, 0.5) is 5.69 Å². The highest BCUT2D eigenvalue weighted by Gasteiger charge is 2.17. The Kier molecular flexibility index (Phi) is 8.06. The van der Waals surface area contributed by atoms with Crippen molar-refractivity contribution in [2.24, 2.45) is 4.99 Å². The SMILES string of the molecule is C=C(C)S/C(C(=O)O)=C(\C)c1ccc2c(c1)OCCO2.COc1cc2c(cc1OC)N=CC2. The van der Waals surface area contributed by atoms with E-state index in [-0.39, 0.29) is 4.91 Å². The molecule has 33 heavy (non-hydrogen) atoms. The van der Waals surface area contributed by atoms with Crippen molar-refractivity contribution in [3.63, 3.8) is 0 Å². The highest BCUT2D eigenvalue weighted by Crippen LogP contribution is 2.37. The molecule has 2 aliphatic heterocycles. The second kappa shape index (κ2) is 11.0. The number of ether oxygens (including phenoxy) is 4. The summed E-state index contributed by atoms with van der Waals surface area (Å²) in [7, 11) is 3.27. The summed E-state index contributed by atoms with van der Waals surface area (Å²) >= 11 is 1.16. The highest BCUT2D eigenvalue weighted by molar-refractivity contribution is 8.07. The second-order valence-corrected chi connectivity index (χ2v) is 8.58. The largest absolute Gasteiger partial charge is 0.493 e. The fourth-order valence-corrected chi connectivity index (χ4v) is 4.01. The quantitative estimate of drug-likeness (QED) is 0.559. The summed E-state index contributed by atoms with van der Waals surface area (Å²) in [5.74, 6) is 1.90. The minimum atomic E-state index is -0.953. The summed E-state index contributed by atoms with van der Waals surface area (Å²) < 4.78 is 21.3. The van der Waals surface area contributed by atoms with Gasteiger partial charge < -0.3 is 24.1 Å². The predicted octanol–water partition coefficient (Wildman–Crippen LogP) is 5.50. The molecule has 0 radical (unpaired) electrons. The Labute approximate surface area is 197 Å². The molecule has 0 amide bonds. The summed E-state index contributed by atoms with van der Waals surface area (Å²) in [6.07, 6.45) is 2.78. The first-order valence-electron chi connectivity index (χ1n) is 10.3. The number of carbonyl (C=O) groups is 1. The van der Waals surface area contributed by atoms with Gasteiger partial charge in [-0.25, -0.2) is 4.79 Å². The molecule has 0 unspecified atom stereocenters. The van der Waals surface area contributed by atoms with Crippen LogP contribution in [-0.2, 0) is 11.2 Å². The molecule has 0 aliphatic carbocycles. The topological polar surface area (TPSA) is 86.6 Å². The van der Waals surface area contributed by atoms with E-state index in [0.29, 0.717) is 30.3 Å². The molecule has 174 valence electrons. The molecule has 0 bridgehead atoms. The number of fused-ring (bicyclic) bond motifs is 2. The van der Waals surface area contributed by atoms with Gasteiger partial charge in [0.15, 0.2) is 23.0 Å². The van der Waals surface area contributed by atoms with Gasteiger partial charge in [0, 0.05) is 18.7 Å². The van der Waals surface area contributed by atoms with Gasteiger partial charge in [-0.1, -0.05) is 24.4 Å². The zero-order valence-corrected chi connectivity index (χ0v) is 20.0. The Hall–Kier alpha value is -3.39. The van der Waals surface area contributed by atoms with Crippen LogP contribution in [0.5, 0.6) is 23.0 Å². The summed E-state index contributed by atoms with van der Waals surface area (Å²) in [6, 6.07) is 9.33. The third kappa shape index (κ3) is 5.90. The molecule has 0 atom stereocenters. The van der Waals surface area contributed by atoms with Crippen LogP contribution < -0.4 is 18.9 Å². The van der Waals surface area contributed by atoms with Gasteiger partial charge in [-0.2, -0.15) is 0 Å². The minimum Gasteiger partial charge on any atom is -0.493 e. The monoisotopic (exact) mass is 469 g/mol. The third-order valence-electron chi connectivity index (χ3n) is 4.91. The maximum absolute atomic E-state index is 11.4. The second-order valence-electron chi connectivity index (χ2n) is 7.27. The van der Waals surface area contributed by atoms with Crippen LogP contribution in [0.1, 0.15) is 25.0 Å². The molecular formula is C25H27NO6S. The van der Waals surface area contributed by atoms with E-state index >= 15 is 0 Å². The van der Waals surface area contributed by atoms with Crippen molar-refractivity contribution in [3.8, 4) is 23.0 Å². The number of carboxylic acid groups (broad SMARTS) is 1. The van der Waals surface area contributed by atoms with E-state index < -0.39 is 5.97 Å². The molecule has 0 spiro atoms. The first kappa shape index (κ1) is 24.3. The summed E-state index contributed by atoms with van der Waals surface area (Å²) in [4.78, 5) is 16.6. The van der Waals surface area contributed by atoms with E-state index in [1.807, 2.05) is 30.5 Å². The van der Waals surface area contributed by atoms with Gasteiger partial charge in [0.25, 0.3) is 0 Å². The molecule has 0 aromatic heterocycles. The molecule has 2 aromatic carbocycles. The number of hydrogen-bond donors (Lipinski definition) is 1. The van der Waals surface area contributed by atoms with Gasteiger partial charge >= 0.3 is 5.97 Å². The molecule has 0 fully saturated rings. The highest BCUT2D eigenvalue weighted by atomic mass is 32.2.